The van der Waals surface area contributed by atoms with E-state index in [1.54, 1.807) is 25.9 Å². The molecule has 0 spiro atoms. The molecule has 226 valence electrons. The summed E-state index contributed by atoms with van der Waals surface area (Å²) in [6, 6.07) is 15.7. The molecule has 0 N–H and O–H groups in total. The first-order chi connectivity index (χ1) is 19.6. The van der Waals surface area contributed by atoms with Crippen molar-refractivity contribution in [1.29, 1.82) is 0 Å². The number of piperidine rings is 1. The van der Waals surface area contributed by atoms with Gasteiger partial charge in [0.25, 0.3) is 0 Å². The van der Waals surface area contributed by atoms with E-state index in [1.165, 1.54) is 0 Å². The highest BCUT2D eigenvalue weighted by molar-refractivity contribution is 5.74. The summed E-state index contributed by atoms with van der Waals surface area (Å²) in [6.45, 7) is 11.7. The van der Waals surface area contributed by atoms with Crippen molar-refractivity contribution < 1.29 is 38.0 Å². The molecule has 0 aliphatic carbocycles. The van der Waals surface area contributed by atoms with Crippen LogP contribution in [0.5, 0.6) is 11.5 Å². The molecule has 2 aromatic carbocycles. The van der Waals surface area contributed by atoms with Crippen LogP contribution in [-0.2, 0) is 30.3 Å². The lowest BCUT2D eigenvalue weighted by molar-refractivity contribution is -0.161. The molecule has 1 heterocycles. The van der Waals surface area contributed by atoms with E-state index in [0.717, 1.165) is 29.0 Å². The molecule has 0 saturated carbocycles. The molecule has 0 radical (unpaired) electrons. The normalized spacial score (nSPS) is 18.0. The van der Waals surface area contributed by atoms with Gasteiger partial charge in [-0.3, -0.25) is 0 Å². The smallest absolute Gasteiger partial charge is 0.410 e. The topological polar surface area (TPSA) is 92.8 Å². The Kier molecular flexibility index (Phi) is 12.3. The highest BCUT2D eigenvalue weighted by Gasteiger charge is 2.37. The molecular weight excluding hydrogens is 526 g/mol. The van der Waals surface area contributed by atoms with Crippen LogP contribution in [0, 0.1) is 0 Å². The number of ether oxygens (including phenoxy) is 6. The molecule has 9 nitrogen and oxygen atoms in total. The van der Waals surface area contributed by atoms with Gasteiger partial charge in [-0.05, 0) is 64.8 Å². The second-order valence-corrected chi connectivity index (χ2v) is 11.0. The lowest BCUT2D eigenvalue weighted by atomic mass is 9.87. The Morgan fingerprint density at radius 2 is 1.78 bits per heavy atom. The number of hydrogen-bond acceptors (Lipinski definition) is 8. The summed E-state index contributed by atoms with van der Waals surface area (Å²) < 4.78 is 34.0. The number of carbonyl (C=O) groups excluding carboxylic acids is 2. The number of para-hydroxylation sites is 1. The van der Waals surface area contributed by atoms with Gasteiger partial charge >= 0.3 is 12.1 Å². The zero-order chi connectivity index (χ0) is 29.8. The van der Waals surface area contributed by atoms with Crippen molar-refractivity contribution in [1.82, 2.24) is 4.90 Å². The summed E-state index contributed by atoms with van der Waals surface area (Å²) in [4.78, 5) is 26.7. The minimum atomic E-state index is -0.756. The number of methoxy groups -OCH3 is 1. The van der Waals surface area contributed by atoms with Gasteiger partial charge in [0.1, 0.15) is 17.1 Å². The van der Waals surface area contributed by atoms with E-state index in [9.17, 15) is 9.59 Å². The average molecular weight is 572 g/mol. The van der Waals surface area contributed by atoms with Crippen LogP contribution >= 0.6 is 0 Å². The Morgan fingerprint density at radius 1 is 1.05 bits per heavy atom. The summed E-state index contributed by atoms with van der Waals surface area (Å²) in [7, 11) is 1.65. The minimum absolute atomic E-state index is 0.0111. The van der Waals surface area contributed by atoms with E-state index in [4.69, 9.17) is 28.4 Å². The van der Waals surface area contributed by atoms with Gasteiger partial charge in [0.05, 0.1) is 46.2 Å². The Labute approximate surface area is 244 Å². The fourth-order valence-corrected chi connectivity index (χ4v) is 4.67. The molecule has 0 aromatic heterocycles. The first-order valence-corrected chi connectivity index (χ1v) is 14.3. The van der Waals surface area contributed by atoms with Gasteiger partial charge in [-0.2, -0.15) is 0 Å². The fourth-order valence-electron chi connectivity index (χ4n) is 4.67. The molecular formula is C32H45NO8. The molecule has 41 heavy (non-hydrogen) atoms. The zero-order valence-corrected chi connectivity index (χ0v) is 25.2. The van der Waals surface area contributed by atoms with Crippen molar-refractivity contribution in [2.24, 2.45) is 0 Å². The lowest BCUT2D eigenvalue weighted by Gasteiger charge is -2.39. The Balaban J connectivity index is 1.54. The Morgan fingerprint density at radius 3 is 2.46 bits per heavy atom. The van der Waals surface area contributed by atoms with E-state index < -0.39 is 23.8 Å². The van der Waals surface area contributed by atoms with Crippen LogP contribution in [0.3, 0.4) is 0 Å². The largest absolute Gasteiger partial charge is 0.496 e. The third-order valence-electron chi connectivity index (χ3n) is 6.67. The van der Waals surface area contributed by atoms with E-state index >= 15 is 0 Å². The van der Waals surface area contributed by atoms with E-state index in [2.05, 4.69) is 0 Å². The summed E-state index contributed by atoms with van der Waals surface area (Å²) >= 11 is 0. The molecule has 3 rings (SSSR count). The van der Waals surface area contributed by atoms with Crippen molar-refractivity contribution in [2.75, 3.05) is 40.0 Å². The number of rotatable bonds is 13. The molecule has 9 heteroatoms. The van der Waals surface area contributed by atoms with Crippen LogP contribution < -0.4 is 9.47 Å². The number of likely N-dealkylation sites (tertiary alicyclic amines) is 1. The second kappa shape index (κ2) is 15.6. The molecule has 1 aliphatic heterocycles. The number of benzene rings is 2. The number of carbonyl (C=O) groups is 2. The Hall–Kier alpha value is -3.30. The van der Waals surface area contributed by atoms with Gasteiger partial charge in [-0.1, -0.05) is 30.3 Å². The predicted molar refractivity (Wildman–Crippen MR) is 155 cm³/mol. The molecule has 1 saturated heterocycles. The predicted octanol–water partition coefficient (Wildman–Crippen LogP) is 5.74. The van der Waals surface area contributed by atoms with Crippen LogP contribution in [0.15, 0.2) is 48.5 Å². The summed E-state index contributed by atoms with van der Waals surface area (Å²) in [5.41, 5.74) is 1.48. The lowest BCUT2D eigenvalue weighted by Crippen LogP contribution is -2.49. The standard InChI is InChI=1S/C32H45NO8/c1-7-38-30(34)23(2)40-29-21-33(31(35)41-32(3,4)5)18-17-27(29)24-13-15-26(16-14-24)39-20-10-19-37-22-25-11-8-9-12-28(25)36-6/h8-9,11-16,23,27,29H,7,10,17-22H2,1-6H3/t23-,27?,29-/m1/s1. The van der Waals surface area contributed by atoms with Crippen molar-refractivity contribution in [2.45, 2.75) is 77.8 Å². The van der Waals surface area contributed by atoms with E-state index in [0.29, 0.717) is 39.3 Å². The summed E-state index contributed by atoms with van der Waals surface area (Å²) in [6.07, 6.45) is -0.120. The SMILES string of the molecule is CCOC(=O)[C@@H](C)O[C@@H]1CN(C(=O)OC(C)(C)C)CCC1c1ccc(OCCCOCc2ccccc2OC)cc1. The molecule has 1 amide bonds. The maximum absolute atomic E-state index is 12.8. The summed E-state index contributed by atoms with van der Waals surface area (Å²) in [5.74, 6) is 1.16. The van der Waals surface area contributed by atoms with Gasteiger partial charge in [0.15, 0.2) is 6.10 Å². The van der Waals surface area contributed by atoms with Crippen molar-refractivity contribution in [3.63, 3.8) is 0 Å². The number of nitrogens with zero attached hydrogens (tertiary/aromatic N) is 1. The van der Waals surface area contributed by atoms with Crippen LogP contribution in [0.2, 0.25) is 0 Å². The maximum Gasteiger partial charge on any atom is 0.410 e. The van der Waals surface area contributed by atoms with E-state index in [1.807, 2.05) is 69.3 Å². The van der Waals surface area contributed by atoms with Crippen molar-refractivity contribution >= 4 is 12.1 Å². The van der Waals surface area contributed by atoms with Crippen LogP contribution in [-0.4, -0.2) is 74.8 Å². The van der Waals surface area contributed by atoms with Gasteiger partial charge < -0.3 is 33.3 Å². The monoisotopic (exact) mass is 571 g/mol. The second-order valence-electron chi connectivity index (χ2n) is 11.0. The first kappa shape index (κ1) is 32.2. The molecule has 1 aliphatic rings. The quantitative estimate of drug-likeness (QED) is 0.222. The zero-order valence-electron chi connectivity index (χ0n) is 25.2. The number of hydrogen-bond donors (Lipinski definition) is 0. The van der Waals surface area contributed by atoms with Crippen LogP contribution in [0.1, 0.15) is 64.5 Å². The van der Waals surface area contributed by atoms with Crippen molar-refractivity contribution in [3.05, 3.63) is 59.7 Å². The highest BCUT2D eigenvalue weighted by Crippen LogP contribution is 2.33. The summed E-state index contributed by atoms with van der Waals surface area (Å²) in [5, 5.41) is 0. The molecule has 1 fully saturated rings. The van der Waals surface area contributed by atoms with Gasteiger partial charge in [-0.25, -0.2) is 9.59 Å². The minimum Gasteiger partial charge on any atom is -0.496 e. The number of amides is 1. The van der Waals surface area contributed by atoms with Gasteiger partial charge in [-0.15, -0.1) is 0 Å². The molecule has 3 atom stereocenters. The maximum atomic E-state index is 12.8. The van der Waals surface area contributed by atoms with Gasteiger partial charge in [0.2, 0.25) is 0 Å². The van der Waals surface area contributed by atoms with E-state index in [-0.39, 0.29) is 18.6 Å². The first-order valence-electron chi connectivity index (χ1n) is 14.3. The average Bonchev–Trinajstić information content (AvgIpc) is 2.94. The highest BCUT2D eigenvalue weighted by atomic mass is 16.6. The van der Waals surface area contributed by atoms with Crippen LogP contribution in [0.25, 0.3) is 0 Å². The third kappa shape index (κ3) is 10.2. The van der Waals surface area contributed by atoms with Crippen molar-refractivity contribution in [3.8, 4) is 11.5 Å². The third-order valence-corrected chi connectivity index (χ3v) is 6.67. The molecule has 1 unspecified atom stereocenters. The molecule has 2 aromatic rings. The van der Waals surface area contributed by atoms with Gasteiger partial charge in [0, 0.05) is 24.4 Å². The fraction of sp³-hybridized carbons (Fsp3) is 0.562. The molecule has 0 bridgehead atoms. The Bertz CT molecular complexity index is 1100. The van der Waals surface area contributed by atoms with Crippen LogP contribution in [0.4, 0.5) is 4.79 Å². The number of esters is 1.